The highest BCUT2D eigenvalue weighted by Crippen LogP contribution is 2.41. The van der Waals surface area contributed by atoms with Crippen LogP contribution in [-0.4, -0.2) is 28.0 Å². The topological polar surface area (TPSA) is 42.2 Å². The predicted octanol–water partition coefficient (Wildman–Crippen LogP) is 2.16. The predicted molar refractivity (Wildman–Crippen MR) is 66.4 cm³/mol. The van der Waals surface area contributed by atoms with Crippen molar-refractivity contribution in [2.45, 2.75) is 56.8 Å². The van der Waals surface area contributed by atoms with Crippen molar-refractivity contribution in [3.8, 4) is 0 Å². The average molecular weight is 237 g/mol. The Bertz CT molecular complexity index is 337. The molecule has 1 aromatic rings. The minimum absolute atomic E-state index is 0.428. The van der Waals surface area contributed by atoms with E-state index < -0.39 is 0 Å². The molecule has 16 heavy (non-hydrogen) atoms. The van der Waals surface area contributed by atoms with Crippen molar-refractivity contribution in [1.82, 2.24) is 9.88 Å². The Morgan fingerprint density at radius 3 is 2.69 bits per heavy atom. The van der Waals surface area contributed by atoms with Crippen LogP contribution in [0.15, 0.2) is 11.6 Å². The second-order valence-corrected chi connectivity index (χ2v) is 6.04. The molecule has 2 aliphatic rings. The van der Waals surface area contributed by atoms with Gasteiger partial charge < -0.3 is 5.73 Å². The molecule has 2 fully saturated rings. The van der Waals surface area contributed by atoms with Crippen molar-refractivity contribution >= 4 is 11.3 Å². The smallest absolute Gasteiger partial charge is 0.109 e. The van der Waals surface area contributed by atoms with Gasteiger partial charge in [-0.2, -0.15) is 0 Å². The standard InChI is InChI=1S/C12H19N3S/c1-8(12-14-4-5-16-12)15-10-2-3-11(15)7-9(13)6-10/h4-5,8-11H,2-3,6-7,13H2,1H3. The summed E-state index contributed by atoms with van der Waals surface area (Å²) in [6.45, 7) is 2.29. The van der Waals surface area contributed by atoms with Crippen molar-refractivity contribution < 1.29 is 0 Å². The lowest BCUT2D eigenvalue weighted by atomic mass is 9.96. The SMILES string of the molecule is CC(c1nccs1)N1C2CCC1CC(N)C2. The molecule has 0 aromatic carbocycles. The van der Waals surface area contributed by atoms with E-state index in [1.807, 2.05) is 6.20 Å². The second-order valence-electron chi connectivity index (χ2n) is 5.11. The summed E-state index contributed by atoms with van der Waals surface area (Å²) in [6.07, 6.45) is 6.91. The summed E-state index contributed by atoms with van der Waals surface area (Å²) in [6, 6.07) is 2.31. The number of nitrogens with zero attached hydrogens (tertiary/aromatic N) is 2. The first kappa shape index (κ1) is 10.7. The van der Waals surface area contributed by atoms with Crippen LogP contribution in [0.25, 0.3) is 0 Å². The molecule has 1 aromatic heterocycles. The Balaban J connectivity index is 1.81. The van der Waals surface area contributed by atoms with Crippen molar-refractivity contribution in [2.75, 3.05) is 0 Å². The zero-order valence-electron chi connectivity index (χ0n) is 9.67. The summed E-state index contributed by atoms with van der Waals surface area (Å²) >= 11 is 1.77. The normalized spacial score (nSPS) is 36.5. The van der Waals surface area contributed by atoms with Gasteiger partial charge in [0.2, 0.25) is 0 Å². The van der Waals surface area contributed by atoms with Gasteiger partial charge in [-0.25, -0.2) is 4.98 Å². The fourth-order valence-corrected chi connectivity index (χ4v) is 4.16. The molecule has 2 N–H and O–H groups in total. The number of piperidine rings is 1. The van der Waals surface area contributed by atoms with E-state index in [-0.39, 0.29) is 0 Å². The average Bonchev–Trinajstić information content (AvgIpc) is 2.85. The molecule has 0 radical (unpaired) electrons. The van der Waals surface area contributed by atoms with Crippen LogP contribution in [0.4, 0.5) is 0 Å². The fourth-order valence-electron chi connectivity index (χ4n) is 3.46. The summed E-state index contributed by atoms with van der Waals surface area (Å²) in [5, 5.41) is 3.33. The van der Waals surface area contributed by atoms with Gasteiger partial charge in [0.1, 0.15) is 5.01 Å². The molecule has 88 valence electrons. The summed E-state index contributed by atoms with van der Waals surface area (Å²) in [4.78, 5) is 7.12. The van der Waals surface area contributed by atoms with E-state index in [2.05, 4.69) is 22.2 Å². The van der Waals surface area contributed by atoms with Gasteiger partial charge in [0.25, 0.3) is 0 Å². The molecule has 3 unspecified atom stereocenters. The van der Waals surface area contributed by atoms with Gasteiger partial charge >= 0.3 is 0 Å². The second kappa shape index (κ2) is 4.09. The van der Waals surface area contributed by atoms with Gasteiger partial charge in [-0.3, -0.25) is 4.90 Å². The molecular formula is C12H19N3S. The van der Waals surface area contributed by atoms with Crippen molar-refractivity contribution in [3.05, 3.63) is 16.6 Å². The molecule has 3 rings (SSSR count). The maximum atomic E-state index is 6.10. The lowest BCUT2D eigenvalue weighted by Crippen LogP contribution is -2.48. The monoisotopic (exact) mass is 237 g/mol. The van der Waals surface area contributed by atoms with E-state index in [1.165, 1.54) is 30.7 Å². The molecule has 0 aliphatic carbocycles. The third kappa shape index (κ3) is 1.69. The van der Waals surface area contributed by atoms with Crippen LogP contribution in [0.2, 0.25) is 0 Å². The Morgan fingerprint density at radius 1 is 1.44 bits per heavy atom. The number of rotatable bonds is 2. The molecule has 3 heterocycles. The van der Waals surface area contributed by atoms with Gasteiger partial charge in [-0.05, 0) is 32.6 Å². The van der Waals surface area contributed by atoms with Crippen LogP contribution in [0.5, 0.6) is 0 Å². The number of hydrogen-bond donors (Lipinski definition) is 1. The van der Waals surface area contributed by atoms with Crippen LogP contribution in [-0.2, 0) is 0 Å². The molecule has 3 nitrogen and oxygen atoms in total. The molecule has 2 aliphatic heterocycles. The highest BCUT2D eigenvalue weighted by atomic mass is 32.1. The highest BCUT2D eigenvalue weighted by Gasteiger charge is 2.42. The van der Waals surface area contributed by atoms with Gasteiger partial charge in [0, 0.05) is 29.7 Å². The molecule has 3 atom stereocenters. The van der Waals surface area contributed by atoms with Crippen molar-refractivity contribution in [1.29, 1.82) is 0 Å². The van der Waals surface area contributed by atoms with E-state index in [9.17, 15) is 0 Å². The first-order chi connectivity index (χ1) is 7.75. The molecule has 0 amide bonds. The largest absolute Gasteiger partial charge is 0.328 e. The highest BCUT2D eigenvalue weighted by molar-refractivity contribution is 7.09. The summed E-state index contributed by atoms with van der Waals surface area (Å²) in [5.41, 5.74) is 6.10. The van der Waals surface area contributed by atoms with Crippen LogP contribution >= 0.6 is 11.3 Å². The quantitative estimate of drug-likeness (QED) is 0.857. The molecule has 2 bridgehead atoms. The number of fused-ring (bicyclic) bond motifs is 2. The Hall–Kier alpha value is -0.450. The molecule has 0 spiro atoms. The number of thiazole rings is 1. The van der Waals surface area contributed by atoms with E-state index in [0.29, 0.717) is 24.2 Å². The van der Waals surface area contributed by atoms with Crippen molar-refractivity contribution in [2.24, 2.45) is 5.73 Å². The molecule has 2 saturated heterocycles. The van der Waals surface area contributed by atoms with Gasteiger partial charge in [-0.15, -0.1) is 11.3 Å². The molecule has 4 heteroatoms. The van der Waals surface area contributed by atoms with Crippen LogP contribution in [0, 0.1) is 0 Å². The number of aromatic nitrogens is 1. The minimum Gasteiger partial charge on any atom is -0.328 e. The summed E-state index contributed by atoms with van der Waals surface area (Å²) in [5.74, 6) is 0. The minimum atomic E-state index is 0.428. The van der Waals surface area contributed by atoms with Gasteiger partial charge in [0.15, 0.2) is 0 Å². The zero-order valence-corrected chi connectivity index (χ0v) is 10.5. The van der Waals surface area contributed by atoms with Gasteiger partial charge in [0.05, 0.1) is 6.04 Å². The van der Waals surface area contributed by atoms with Crippen LogP contribution < -0.4 is 5.73 Å². The maximum absolute atomic E-state index is 6.10. The Kier molecular flexibility index (Phi) is 2.73. The third-order valence-corrected chi connectivity index (χ3v) is 5.03. The van der Waals surface area contributed by atoms with E-state index in [1.54, 1.807) is 11.3 Å². The fraction of sp³-hybridized carbons (Fsp3) is 0.750. The molecule has 0 saturated carbocycles. The number of hydrogen-bond acceptors (Lipinski definition) is 4. The van der Waals surface area contributed by atoms with Crippen LogP contribution in [0.3, 0.4) is 0 Å². The Morgan fingerprint density at radius 2 is 2.12 bits per heavy atom. The summed E-state index contributed by atoms with van der Waals surface area (Å²) in [7, 11) is 0. The maximum Gasteiger partial charge on any atom is 0.109 e. The zero-order chi connectivity index (χ0) is 11.1. The first-order valence-corrected chi connectivity index (χ1v) is 7.06. The lowest BCUT2D eigenvalue weighted by Gasteiger charge is -2.40. The Labute approximate surface area is 101 Å². The van der Waals surface area contributed by atoms with Gasteiger partial charge in [-0.1, -0.05) is 0 Å². The van der Waals surface area contributed by atoms with Crippen LogP contribution in [0.1, 0.15) is 43.7 Å². The molecular weight excluding hydrogens is 218 g/mol. The van der Waals surface area contributed by atoms with E-state index in [4.69, 9.17) is 5.73 Å². The lowest BCUT2D eigenvalue weighted by molar-refractivity contribution is 0.0852. The summed E-state index contributed by atoms with van der Waals surface area (Å²) < 4.78 is 0. The van der Waals surface area contributed by atoms with E-state index >= 15 is 0 Å². The van der Waals surface area contributed by atoms with E-state index in [0.717, 1.165) is 0 Å². The third-order valence-electron chi connectivity index (χ3n) is 4.08. The first-order valence-electron chi connectivity index (χ1n) is 6.18. The van der Waals surface area contributed by atoms with Crippen molar-refractivity contribution in [3.63, 3.8) is 0 Å². The number of nitrogens with two attached hydrogens (primary N) is 1.